The van der Waals surface area contributed by atoms with Gasteiger partial charge in [-0.3, -0.25) is 9.55 Å². The van der Waals surface area contributed by atoms with E-state index in [1.165, 1.54) is 0 Å². The first-order valence-electron chi connectivity index (χ1n) is 26.6. The van der Waals surface area contributed by atoms with Gasteiger partial charge in [0.1, 0.15) is 5.65 Å². The molecule has 0 unspecified atom stereocenters. The molecule has 7 heterocycles. The first-order chi connectivity index (χ1) is 39.3. The molecule has 0 bridgehead atoms. The van der Waals surface area contributed by atoms with Gasteiger partial charge in [-0.1, -0.05) is 164 Å². The Morgan fingerprint density at radius 3 is 1.04 bits per heavy atom. The number of nitrogens with zero attached hydrogens (tertiary/aromatic N) is 8. The second kappa shape index (κ2) is 16.5. The van der Waals surface area contributed by atoms with Crippen LogP contribution in [0, 0.1) is 11.3 Å². The Kier molecular flexibility index (Phi) is 9.03. The fourth-order valence-corrected chi connectivity index (χ4v) is 13.4. The van der Waals surface area contributed by atoms with Gasteiger partial charge in [0.05, 0.1) is 95.9 Å². The number of aromatic nitrogens is 7. The molecule has 0 saturated heterocycles. The predicted octanol–water partition coefficient (Wildman–Crippen LogP) is 17.5. The van der Waals surface area contributed by atoms with Crippen LogP contribution in [0.5, 0.6) is 0 Å². The summed E-state index contributed by atoms with van der Waals surface area (Å²) < 4.78 is 12.4. The quantitative estimate of drug-likeness (QED) is 0.167. The van der Waals surface area contributed by atoms with Gasteiger partial charge in [0.25, 0.3) is 0 Å². The summed E-state index contributed by atoms with van der Waals surface area (Å²) in [5.41, 5.74) is 16.5. The molecule has 0 saturated carbocycles. The van der Waals surface area contributed by atoms with Crippen LogP contribution in [0.4, 0.5) is 0 Å². The maximum absolute atomic E-state index is 11.7. The molecule has 17 rings (SSSR count). The van der Waals surface area contributed by atoms with Crippen LogP contribution >= 0.6 is 0 Å². The number of fused-ring (bicyclic) bond motifs is 15. The first-order valence-corrected chi connectivity index (χ1v) is 26.6. The van der Waals surface area contributed by atoms with E-state index >= 15 is 0 Å². The summed E-state index contributed by atoms with van der Waals surface area (Å²) >= 11 is 0. The number of hydrogen-bond donors (Lipinski definition) is 0. The van der Waals surface area contributed by atoms with Crippen LogP contribution in [-0.2, 0) is 0 Å². The molecule has 8 heteroatoms. The number of nitriles is 1. The Balaban J connectivity index is 1.31. The van der Waals surface area contributed by atoms with Crippen molar-refractivity contribution in [1.29, 1.82) is 5.26 Å². The van der Waals surface area contributed by atoms with Crippen molar-refractivity contribution in [3.05, 3.63) is 261 Å². The lowest BCUT2D eigenvalue weighted by molar-refractivity contribution is 0.994. The Hall–Kier alpha value is -11.0. The van der Waals surface area contributed by atoms with E-state index in [0.717, 1.165) is 149 Å². The average Bonchev–Trinajstić information content (AvgIpc) is 4.07. The maximum Gasteiger partial charge on any atom is 0.145 e. The molecular formula is C71H42N8. The molecule has 0 N–H and O–H groups in total. The molecule has 8 nitrogen and oxygen atoms in total. The third-order valence-electron chi connectivity index (χ3n) is 16.5. The zero-order valence-electron chi connectivity index (χ0n) is 42.3. The Morgan fingerprint density at radius 2 is 0.595 bits per heavy atom. The second-order valence-corrected chi connectivity index (χ2v) is 20.4. The molecule has 10 aromatic carbocycles. The van der Waals surface area contributed by atoms with E-state index in [-0.39, 0.29) is 0 Å². The molecule has 0 spiro atoms. The molecule has 366 valence electrons. The summed E-state index contributed by atoms with van der Waals surface area (Å²) in [5.74, 6) is 0. The summed E-state index contributed by atoms with van der Waals surface area (Å²) in [6, 6.07) is 87.4. The summed E-state index contributed by atoms with van der Waals surface area (Å²) in [6.07, 6.45) is 5.83. The van der Waals surface area contributed by atoms with Crippen LogP contribution in [0.15, 0.2) is 255 Å². The van der Waals surface area contributed by atoms with Crippen molar-refractivity contribution in [2.75, 3.05) is 0 Å². The van der Waals surface area contributed by atoms with E-state index in [1.54, 1.807) is 0 Å². The molecule has 0 atom stereocenters. The van der Waals surface area contributed by atoms with Crippen LogP contribution in [0.2, 0.25) is 0 Å². The number of pyridine rings is 2. The molecule has 0 aliphatic heterocycles. The topological polar surface area (TPSA) is 74.2 Å². The fourth-order valence-electron chi connectivity index (χ4n) is 13.4. The summed E-state index contributed by atoms with van der Waals surface area (Å²) in [6.45, 7) is 0. The van der Waals surface area contributed by atoms with Crippen LogP contribution < -0.4 is 0 Å². The van der Waals surface area contributed by atoms with Gasteiger partial charge in [0.2, 0.25) is 0 Å². The number of rotatable bonds is 6. The van der Waals surface area contributed by atoms with Gasteiger partial charge in [0, 0.05) is 77.4 Å². The van der Waals surface area contributed by atoms with Gasteiger partial charge in [-0.25, -0.2) is 4.98 Å². The first kappa shape index (κ1) is 43.3. The minimum absolute atomic E-state index is 0.539. The largest absolute Gasteiger partial charge is 0.306 e. The number of benzene rings is 10. The predicted molar refractivity (Wildman–Crippen MR) is 324 cm³/mol. The standard InChI is InChI=1S/C71H42N8/c72-42-44-20-1-2-21-45(44)65-66(75-56-31-11-3-22-46(56)47-23-4-12-32-57(47)75)68(78-62-37-17-9-28-52(62)54-39-41-73-43-64(54)78)70(77-60-35-15-7-26-50(60)51-27-8-16-36-61(51)77)69(79-63-38-18-10-29-53(63)55-30-19-40-74-71(55)79)67(65)76-58-33-13-5-24-48(58)49-25-6-14-34-59(49)76/h1-41,43H. The lowest BCUT2D eigenvalue weighted by Gasteiger charge is -2.32. The van der Waals surface area contributed by atoms with Gasteiger partial charge in [0.15, 0.2) is 0 Å². The van der Waals surface area contributed by atoms with E-state index < -0.39 is 0 Å². The SMILES string of the molecule is N#Cc1ccccc1-c1c(-n2c3ccccc3c3ccccc32)c(-n2c3ccccc3c3ccncc32)c(-n2c3ccccc3c3ccccc32)c(-n2c3ccccc3c3cccnc32)c1-n1c2ccccc2c2ccccc21. The average molecular weight is 1010 g/mol. The molecule has 0 fully saturated rings. The molecule has 79 heavy (non-hydrogen) atoms. The van der Waals surface area contributed by atoms with Crippen LogP contribution in [0.1, 0.15) is 5.56 Å². The third kappa shape index (κ3) is 5.85. The van der Waals surface area contributed by atoms with Crippen molar-refractivity contribution in [2.24, 2.45) is 0 Å². The van der Waals surface area contributed by atoms with E-state index in [1.807, 2.05) is 36.8 Å². The minimum atomic E-state index is 0.539. The van der Waals surface area contributed by atoms with Gasteiger partial charge in [-0.15, -0.1) is 0 Å². The van der Waals surface area contributed by atoms with Crippen molar-refractivity contribution in [3.8, 4) is 45.6 Å². The summed E-state index contributed by atoms with van der Waals surface area (Å²) in [4.78, 5) is 10.4. The van der Waals surface area contributed by atoms with Crippen molar-refractivity contribution in [3.63, 3.8) is 0 Å². The summed E-state index contributed by atoms with van der Waals surface area (Å²) in [7, 11) is 0. The molecule has 0 radical (unpaired) electrons. The molecule has 7 aromatic heterocycles. The smallest absolute Gasteiger partial charge is 0.145 e. The monoisotopic (exact) mass is 1010 g/mol. The highest BCUT2D eigenvalue weighted by atomic mass is 15.2. The van der Waals surface area contributed by atoms with Gasteiger partial charge >= 0.3 is 0 Å². The molecule has 0 aliphatic rings. The lowest BCUT2D eigenvalue weighted by atomic mass is 9.92. The number of para-hydroxylation sites is 8. The van der Waals surface area contributed by atoms with Gasteiger partial charge in [-0.05, 0) is 72.8 Å². The van der Waals surface area contributed by atoms with Crippen molar-refractivity contribution in [2.45, 2.75) is 0 Å². The number of hydrogen-bond acceptors (Lipinski definition) is 3. The normalized spacial score (nSPS) is 12.0. The van der Waals surface area contributed by atoms with Gasteiger partial charge in [-0.2, -0.15) is 5.26 Å². The van der Waals surface area contributed by atoms with E-state index in [9.17, 15) is 5.26 Å². The maximum atomic E-state index is 11.7. The van der Waals surface area contributed by atoms with Crippen molar-refractivity contribution >= 4 is 109 Å². The van der Waals surface area contributed by atoms with E-state index in [0.29, 0.717) is 5.56 Å². The fraction of sp³-hybridized carbons (Fsp3) is 0. The molecule has 0 amide bonds. The van der Waals surface area contributed by atoms with Gasteiger partial charge < -0.3 is 18.3 Å². The van der Waals surface area contributed by atoms with Crippen LogP contribution in [0.3, 0.4) is 0 Å². The van der Waals surface area contributed by atoms with E-state index in [4.69, 9.17) is 9.97 Å². The Labute approximate surface area is 451 Å². The van der Waals surface area contributed by atoms with Crippen LogP contribution in [-0.4, -0.2) is 32.8 Å². The molecule has 0 aliphatic carbocycles. The minimum Gasteiger partial charge on any atom is -0.306 e. The zero-order chi connectivity index (χ0) is 51.9. The highest BCUT2D eigenvalue weighted by Crippen LogP contribution is 2.54. The summed E-state index contributed by atoms with van der Waals surface area (Å²) in [5, 5.41) is 22.7. The third-order valence-corrected chi connectivity index (χ3v) is 16.5. The lowest BCUT2D eigenvalue weighted by Crippen LogP contribution is -2.18. The highest BCUT2D eigenvalue weighted by molar-refractivity contribution is 6.19. The van der Waals surface area contributed by atoms with Crippen molar-refractivity contribution in [1.82, 2.24) is 32.8 Å². The second-order valence-electron chi connectivity index (χ2n) is 20.4. The zero-order valence-corrected chi connectivity index (χ0v) is 42.3. The molecular weight excluding hydrogens is 965 g/mol. The van der Waals surface area contributed by atoms with Crippen molar-refractivity contribution < 1.29 is 0 Å². The Bertz CT molecular complexity index is 4960. The molecule has 17 aromatic rings. The van der Waals surface area contributed by atoms with Crippen LogP contribution in [0.25, 0.3) is 149 Å². The Morgan fingerprint density at radius 1 is 0.278 bits per heavy atom. The highest BCUT2D eigenvalue weighted by Gasteiger charge is 2.37. The van der Waals surface area contributed by atoms with E-state index in [2.05, 4.69) is 247 Å².